The highest BCUT2D eigenvalue weighted by Crippen LogP contribution is 2.30. The molecule has 88 valence electrons. The minimum absolute atomic E-state index is 0.0133. The third kappa shape index (κ3) is 2.50. The maximum absolute atomic E-state index is 11.2. The number of thioether (sulfide) groups is 1. The number of hydrogen-bond acceptors (Lipinski definition) is 4. The fraction of sp³-hybridized carbons (Fsp3) is 0.167. The molecule has 0 bridgehead atoms. The molecule has 4 nitrogen and oxygen atoms in total. The number of amides is 1. The van der Waals surface area contributed by atoms with E-state index >= 15 is 0 Å². The molecule has 0 aliphatic heterocycles. The van der Waals surface area contributed by atoms with Gasteiger partial charge in [-0.25, -0.2) is 0 Å². The van der Waals surface area contributed by atoms with E-state index in [1.54, 1.807) is 13.2 Å². The number of nitrogens with one attached hydrogen (secondary N) is 1. The van der Waals surface area contributed by atoms with Gasteiger partial charge in [0, 0.05) is 23.5 Å². The minimum atomic E-state index is -0.0133. The van der Waals surface area contributed by atoms with Gasteiger partial charge in [0.2, 0.25) is 5.91 Å². The Labute approximate surface area is 104 Å². The Balaban J connectivity index is 2.29. The highest BCUT2D eigenvalue weighted by molar-refractivity contribution is 8.00. The molecule has 17 heavy (non-hydrogen) atoms. The predicted octanol–water partition coefficient (Wildman–Crippen LogP) is 1.66. The summed E-state index contributed by atoms with van der Waals surface area (Å²) in [5, 5.41) is 3.50. The summed E-state index contributed by atoms with van der Waals surface area (Å²) in [5.41, 5.74) is 7.61. The molecular formula is C12H13N3OS. The third-order valence-corrected chi connectivity index (χ3v) is 3.50. The molecule has 0 saturated heterocycles. The molecule has 0 radical (unpaired) electrons. The monoisotopic (exact) mass is 247 g/mol. The zero-order valence-corrected chi connectivity index (χ0v) is 10.3. The number of aromatic nitrogens is 1. The first-order chi connectivity index (χ1) is 8.22. The summed E-state index contributed by atoms with van der Waals surface area (Å²) < 4.78 is 0. The van der Waals surface area contributed by atoms with Crippen LogP contribution in [0.1, 0.15) is 0 Å². The van der Waals surface area contributed by atoms with Crippen molar-refractivity contribution in [1.82, 2.24) is 10.3 Å². The van der Waals surface area contributed by atoms with Crippen molar-refractivity contribution in [3.63, 3.8) is 0 Å². The first kappa shape index (κ1) is 11.7. The summed E-state index contributed by atoms with van der Waals surface area (Å²) in [6.45, 7) is 0. The molecule has 1 heterocycles. The van der Waals surface area contributed by atoms with Gasteiger partial charge in [0.05, 0.1) is 17.0 Å². The van der Waals surface area contributed by atoms with E-state index in [0.717, 1.165) is 15.8 Å². The van der Waals surface area contributed by atoms with Crippen molar-refractivity contribution < 1.29 is 4.79 Å². The largest absolute Gasteiger partial charge is 0.397 e. The Morgan fingerprint density at radius 2 is 2.29 bits per heavy atom. The smallest absolute Gasteiger partial charge is 0.230 e. The number of rotatable bonds is 3. The minimum Gasteiger partial charge on any atom is -0.397 e. The normalized spacial score (nSPS) is 10.4. The second-order valence-corrected chi connectivity index (χ2v) is 4.53. The topological polar surface area (TPSA) is 68.0 Å². The van der Waals surface area contributed by atoms with Gasteiger partial charge in [0.1, 0.15) is 0 Å². The molecule has 0 aliphatic rings. The molecule has 2 rings (SSSR count). The Hall–Kier alpha value is -1.75. The molecular weight excluding hydrogens is 234 g/mol. The molecule has 0 saturated carbocycles. The Kier molecular flexibility index (Phi) is 3.49. The van der Waals surface area contributed by atoms with Crippen LogP contribution >= 0.6 is 11.8 Å². The Bertz CT molecular complexity index is 556. The van der Waals surface area contributed by atoms with Crippen molar-refractivity contribution in [3.05, 3.63) is 30.5 Å². The zero-order chi connectivity index (χ0) is 12.3. The van der Waals surface area contributed by atoms with Crippen LogP contribution in [0.25, 0.3) is 10.9 Å². The molecule has 0 aliphatic carbocycles. The lowest BCUT2D eigenvalue weighted by Gasteiger charge is -2.07. The summed E-state index contributed by atoms with van der Waals surface area (Å²) in [4.78, 5) is 16.3. The SMILES string of the molecule is CNC(=O)CSc1ccc2ncccc2c1N. The first-order valence-corrected chi connectivity index (χ1v) is 6.17. The Morgan fingerprint density at radius 3 is 3.06 bits per heavy atom. The molecule has 3 N–H and O–H groups in total. The first-order valence-electron chi connectivity index (χ1n) is 5.19. The number of fused-ring (bicyclic) bond motifs is 1. The molecule has 0 spiro atoms. The van der Waals surface area contributed by atoms with Gasteiger partial charge in [-0.05, 0) is 24.3 Å². The van der Waals surface area contributed by atoms with E-state index in [9.17, 15) is 4.79 Å². The summed E-state index contributed by atoms with van der Waals surface area (Å²) in [7, 11) is 1.62. The number of nitrogens with two attached hydrogens (primary N) is 1. The summed E-state index contributed by atoms with van der Waals surface area (Å²) >= 11 is 1.43. The van der Waals surface area contributed by atoms with Crippen LogP contribution in [-0.2, 0) is 4.79 Å². The van der Waals surface area contributed by atoms with Crippen molar-refractivity contribution in [2.45, 2.75) is 4.90 Å². The van der Waals surface area contributed by atoms with E-state index in [-0.39, 0.29) is 5.91 Å². The van der Waals surface area contributed by atoms with Gasteiger partial charge in [-0.2, -0.15) is 0 Å². The van der Waals surface area contributed by atoms with Crippen LogP contribution in [0.5, 0.6) is 0 Å². The van der Waals surface area contributed by atoms with Crippen molar-refractivity contribution in [2.75, 3.05) is 18.5 Å². The van der Waals surface area contributed by atoms with Gasteiger partial charge in [-0.15, -0.1) is 11.8 Å². The van der Waals surface area contributed by atoms with Gasteiger partial charge in [0.15, 0.2) is 0 Å². The molecule has 0 unspecified atom stereocenters. The summed E-state index contributed by atoms with van der Waals surface area (Å²) in [6, 6.07) is 7.60. The molecule has 1 aromatic carbocycles. The van der Waals surface area contributed by atoms with Crippen LogP contribution in [0.15, 0.2) is 35.4 Å². The van der Waals surface area contributed by atoms with Crippen molar-refractivity contribution in [1.29, 1.82) is 0 Å². The van der Waals surface area contributed by atoms with E-state index in [0.29, 0.717) is 11.4 Å². The van der Waals surface area contributed by atoms with Gasteiger partial charge >= 0.3 is 0 Å². The van der Waals surface area contributed by atoms with Crippen LogP contribution in [-0.4, -0.2) is 23.7 Å². The molecule has 0 atom stereocenters. The lowest BCUT2D eigenvalue weighted by molar-refractivity contribution is -0.118. The van der Waals surface area contributed by atoms with E-state index in [1.807, 2.05) is 24.3 Å². The van der Waals surface area contributed by atoms with E-state index in [2.05, 4.69) is 10.3 Å². The zero-order valence-electron chi connectivity index (χ0n) is 9.43. The van der Waals surface area contributed by atoms with Crippen molar-refractivity contribution in [3.8, 4) is 0 Å². The van der Waals surface area contributed by atoms with Crippen LogP contribution in [0, 0.1) is 0 Å². The van der Waals surface area contributed by atoms with Crippen LogP contribution in [0.3, 0.4) is 0 Å². The summed E-state index contributed by atoms with van der Waals surface area (Å²) in [6.07, 6.45) is 1.74. The quantitative estimate of drug-likeness (QED) is 0.639. The van der Waals surface area contributed by atoms with Crippen molar-refractivity contribution in [2.24, 2.45) is 0 Å². The highest BCUT2D eigenvalue weighted by atomic mass is 32.2. The summed E-state index contributed by atoms with van der Waals surface area (Å²) in [5.74, 6) is 0.354. The van der Waals surface area contributed by atoms with Crippen LogP contribution in [0.4, 0.5) is 5.69 Å². The van der Waals surface area contributed by atoms with Crippen LogP contribution in [0.2, 0.25) is 0 Å². The number of carbonyl (C=O) groups is 1. The van der Waals surface area contributed by atoms with E-state index < -0.39 is 0 Å². The number of nitrogens with zero attached hydrogens (tertiary/aromatic N) is 1. The van der Waals surface area contributed by atoms with Gasteiger partial charge in [0.25, 0.3) is 0 Å². The van der Waals surface area contributed by atoms with Gasteiger partial charge in [-0.3, -0.25) is 9.78 Å². The standard InChI is InChI=1S/C12H13N3OS/c1-14-11(16)7-17-10-5-4-9-8(12(10)13)3-2-6-15-9/h2-6H,7,13H2,1H3,(H,14,16). The van der Waals surface area contributed by atoms with Gasteiger partial charge < -0.3 is 11.1 Å². The highest BCUT2D eigenvalue weighted by Gasteiger charge is 2.07. The molecule has 2 aromatic rings. The van der Waals surface area contributed by atoms with Gasteiger partial charge in [-0.1, -0.05) is 0 Å². The number of carbonyl (C=O) groups excluding carboxylic acids is 1. The lowest BCUT2D eigenvalue weighted by atomic mass is 10.2. The van der Waals surface area contributed by atoms with Crippen molar-refractivity contribution >= 4 is 34.3 Å². The number of anilines is 1. The van der Waals surface area contributed by atoms with E-state index in [1.165, 1.54) is 11.8 Å². The predicted molar refractivity (Wildman–Crippen MR) is 70.9 cm³/mol. The third-order valence-electron chi connectivity index (χ3n) is 2.42. The number of pyridine rings is 1. The number of benzene rings is 1. The Morgan fingerprint density at radius 1 is 1.47 bits per heavy atom. The molecule has 5 heteroatoms. The maximum Gasteiger partial charge on any atom is 0.230 e. The fourth-order valence-corrected chi connectivity index (χ4v) is 2.36. The van der Waals surface area contributed by atoms with E-state index in [4.69, 9.17) is 5.73 Å². The second kappa shape index (κ2) is 5.05. The average Bonchev–Trinajstić information content (AvgIpc) is 2.38. The fourth-order valence-electron chi connectivity index (χ4n) is 1.50. The number of nitrogen functional groups attached to an aromatic ring is 1. The lowest BCUT2D eigenvalue weighted by Crippen LogP contribution is -2.19. The average molecular weight is 247 g/mol. The molecule has 0 fully saturated rings. The molecule has 1 aromatic heterocycles. The van der Waals surface area contributed by atoms with Crippen LogP contribution < -0.4 is 11.1 Å². The maximum atomic E-state index is 11.2. The second-order valence-electron chi connectivity index (χ2n) is 3.51. The number of hydrogen-bond donors (Lipinski definition) is 2. The molecule has 1 amide bonds.